The number of benzene rings is 2. The van der Waals surface area contributed by atoms with E-state index in [-0.39, 0.29) is 43.3 Å². The maximum atomic E-state index is 12.4. The van der Waals surface area contributed by atoms with Crippen LogP contribution in [0.25, 0.3) is 11.1 Å². The van der Waals surface area contributed by atoms with Crippen molar-refractivity contribution in [3.05, 3.63) is 59.7 Å². The molecule has 0 aliphatic heterocycles. The summed E-state index contributed by atoms with van der Waals surface area (Å²) >= 11 is 0. The molecule has 1 atom stereocenters. The van der Waals surface area contributed by atoms with E-state index in [0.29, 0.717) is 19.4 Å². The Morgan fingerprint density at radius 1 is 0.943 bits per heavy atom. The molecule has 0 saturated heterocycles. The number of carbonyl (C=O) groups is 3. The number of nitrogens with one attached hydrogen (secondary N) is 2. The summed E-state index contributed by atoms with van der Waals surface area (Å²) in [6, 6.07) is 15.3. The minimum Gasteiger partial charge on any atom is -0.480 e. The summed E-state index contributed by atoms with van der Waals surface area (Å²) < 4.78 is 5.59. The number of hydrogen-bond acceptors (Lipinski definition) is 5. The van der Waals surface area contributed by atoms with Crippen LogP contribution in [0.15, 0.2) is 48.5 Å². The van der Waals surface area contributed by atoms with Crippen molar-refractivity contribution < 1.29 is 29.3 Å². The highest BCUT2D eigenvalue weighted by molar-refractivity contribution is 5.85. The van der Waals surface area contributed by atoms with Gasteiger partial charge in [0.1, 0.15) is 12.6 Å². The van der Waals surface area contributed by atoms with E-state index in [2.05, 4.69) is 34.9 Å². The molecule has 0 unspecified atom stereocenters. The second-order valence-electron chi connectivity index (χ2n) is 9.34. The topological polar surface area (TPSA) is 125 Å². The van der Waals surface area contributed by atoms with Gasteiger partial charge in [-0.3, -0.25) is 4.79 Å². The van der Waals surface area contributed by atoms with Crippen molar-refractivity contribution >= 4 is 18.0 Å². The molecule has 4 N–H and O–H groups in total. The van der Waals surface area contributed by atoms with E-state index in [9.17, 15) is 14.4 Å². The number of carboxylic acids is 1. The van der Waals surface area contributed by atoms with E-state index in [1.165, 1.54) is 22.3 Å². The molecule has 8 heteroatoms. The van der Waals surface area contributed by atoms with Crippen LogP contribution < -0.4 is 10.6 Å². The van der Waals surface area contributed by atoms with Gasteiger partial charge in [-0.1, -0.05) is 48.5 Å². The van der Waals surface area contributed by atoms with E-state index in [1.54, 1.807) is 0 Å². The van der Waals surface area contributed by atoms with Gasteiger partial charge in [0, 0.05) is 31.4 Å². The first-order valence-corrected chi connectivity index (χ1v) is 12.2. The van der Waals surface area contributed by atoms with Crippen LogP contribution in [-0.2, 0) is 14.3 Å². The molecule has 0 bridgehead atoms. The molecule has 4 rings (SSSR count). The smallest absolute Gasteiger partial charge is 0.407 e. The lowest BCUT2D eigenvalue weighted by atomic mass is 9.81. The number of alkyl carbamates (subject to hydrolysis) is 1. The minimum atomic E-state index is -1.15. The average molecular weight is 481 g/mol. The van der Waals surface area contributed by atoms with Gasteiger partial charge in [-0.05, 0) is 53.9 Å². The average Bonchev–Trinajstić information content (AvgIpc) is 3.20. The molecular weight excluding hydrogens is 448 g/mol. The summed E-state index contributed by atoms with van der Waals surface area (Å²) in [5, 5.41) is 23.5. The van der Waals surface area contributed by atoms with Gasteiger partial charge in [-0.2, -0.15) is 0 Å². The fraction of sp³-hybridized carbons (Fsp3) is 0.444. The largest absolute Gasteiger partial charge is 0.480 e. The molecular formula is C27H32N2O6. The predicted molar refractivity (Wildman–Crippen MR) is 130 cm³/mol. The Bertz CT molecular complexity index is 1020. The van der Waals surface area contributed by atoms with Gasteiger partial charge in [-0.15, -0.1) is 0 Å². The zero-order valence-corrected chi connectivity index (χ0v) is 19.6. The summed E-state index contributed by atoms with van der Waals surface area (Å²) in [5.74, 6) is -1.42. The van der Waals surface area contributed by atoms with Crippen LogP contribution in [0.2, 0.25) is 0 Å². The number of carboxylic acid groups (broad SMARTS) is 1. The van der Waals surface area contributed by atoms with Crippen molar-refractivity contribution in [2.24, 2.45) is 11.8 Å². The molecule has 0 spiro atoms. The normalized spacial score (nSPS) is 19.8. The number of carbonyl (C=O) groups excluding carboxylic acids is 2. The second-order valence-corrected chi connectivity index (χ2v) is 9.34. The lowest BCUT2D eigenvalue weighted by Gasteiger charge is -2.28. The summed E-state index contributed by atoms with van der Waals surface area (Å²) in [4.78, 5) is 36.0. The van der Waals surface area contributed by atoms with Crippen molar-refractivity contribution in [2.45, 2.75) is 44.1 Å². The Labute approximate surface area is 204 Å². The number of hydrogen-bond donors (Lipinski definition) is 4. The van der Waals surface area contributed by atoms with E-state index in [0.717, 1.165) is 12.8 Å². The third kappa shape index (κ3) is 5.82. The number of aliphatic hydroxyl groups is 1. The molecule has 2 aliphatic rings. The number of aliphatic hydroxyl groups excluding tert-OH is 1. The standard InChI is InChI=1S/C27H32N2O6/c30-14-13-24(26(32)33)29-25(31)18-11-9-17(10-12-18)15-28-27(34)35-16-23-21-7-3-1-5-19(21)20-6-2-4-8-22(20)23/h1-8,17-18,23-24,30H,9-16H2,(H,28,34)(H,29,31)(H,32,33)/t17?,18?,24-/m0/s1. The van der Waals surface area contributed by atoms with Crippen molar-refractivity contribution in [1.82, 2.24) is 10.6 Å². The first kappa shape index (κ1) is 24.7. The molecule has 1 fully saturated rings. The zero-order chi connectivity index (χ0) is 24.8. The van der Waals surface area contributed by atoms with E-state index in [1.807, 2.05) is 24.3 Å². The number of fused-ring (bicyclic) bond motifs is 3. The monoisotopic (exact) mass is 480 g/mol. The third-order valence-corrected chi connectivity index (χ3v) is 7.13. The van der Waals surface area contributed by atoms with Crippen LogP contribution in [0, 0.1) is 11.8 Å². The molecule has 0 heterocycles. The third-order valence-electron chi connectivity index (χ3n) is 7.13. The Balaban J connectivity index is 1.21. The number of aliphatic carboxylic acids is 1. The summed E-state index contributed by atoms with van der Waals surface area (Å²) in [5.41, 5.74) is 4.71. The number of amides is 2. The van der Waals surface area contributed by atoms with Gasteiger partial charge in [0.25, 0.3) is 0 Å². The minimum absolute atomic E-state index is 0.0134. The molecule has 1 saturated carbocycles. The SMILES string of the molecule is O=C(NCC1CCC(C(=O)N[C@@H](CCO)C(=O)O)CC1)OCC1c2ccccc2-c2ccccc21. The van der Waals surface area contributed by atoms with Gasteiger partial charge in [0.15, 0.2) is 0 Å². The first-order valence-electron chi connectivity index (χ1n) is 12.2. The quantitative estimate of drug-likeness (QED) is 0.437. The molecule has 186 valence electrons. The molecule has 0 radical (unpaired) electrons. The lowest BCUT2D eigenvalue weighted by Crippen LogP contribution is -2.45. The van der Waals surface area contributed by atoms with Crippen LogP contribution in [0.1, 0.15) is 49.1 Å². The molecule has 2 aliphatic carbocycles. The van der Waals surface area contributed by atoms with Crippen molar-refractivity contribution in [3.8, 4) is 11.1 Å². The molecule has 8 nitrogen and oxygen atoms in total. The Hall–Kier alpha value is -3.39. The van der Waals surface area contributed by atoms with E-state index in [4.69, 9.17) is 14.9 Å². The second kappa shape index (κ2) is 11.4. The Morgan fingerprint density at radius 2 is 1.54 bits per heavy atom. The highest BCUT2D eigenvalue weighted by Crippen LogP contribution is 2.44. The van der Waals surface area contributed by atoms with Crippen LogP contribution in [0.5, 0.6) is 0 Å². The predicted octanol–water partition coefficient (Wildman–Crippen LogP) is 3.28. The first-order chi connectivity index (χ1) is 17.0. The maximum absolute atomic E-state index is 12.4. The van der Waals surface area contributed by atoms with Crippen molar-refractivity contribution in [1.29, 1.82) is 0 Å². The highest BCUT2D eigenvalue weighted by atomic mass is 16.5. The van der Waals surface area contributed by atoms with Crippen LogP contribution >= 0.6 is 0 Å². The Morgan fingerprint density at radius 3 is 2.11 bits per heavy atom. The maximum Gasteiger partial charge on any atom is 0.407 e. The fourth-order valence-corrected chi connectivity index (χ4v) is 5.18. The van der Waals surface area contributed by atoms with Gasteiger partial charge >= 0.3 is 12.1 Å². The van der Waals surface area contributed by atoms with E-state index < -0.39 is 18.1 Å². The fourth-order valence-electron chi connectivity index (χ4n) is 5.18. The van der Waals surface area contributed by atoms with Gasteiger partial charge in [0.2, 0.25) is 5.91 Å². The van der Waals surface area contributed by atoms with Crippen molar-refractivity contribution in [3.63, 3.8) is 0 Å². The number of rotatable bonds is 9. The molecule has 35 heavy (non-hydrogen) atoms. The zero-order valence-electron chi connectivity index (χ0n) is 19.6. The molecule has 2 amide bonds. The van der Waals surface area contributed by atoms with Crippen molar-refractivity contribution in [2.75, 3.05) is 19.8 Å². The molecule has 2 aromatic carbocycles. The Kier molecular flexibility index (Phi) is 8.02. The molecule has 0 aromatic heterocycles. The number of ether oxygens (including phenoxy) is 1. The highest BCUT2D eigenvalue weighted by Gasteiger charge is 2.31. The summed E-state index contributed by atoms with van der Waals surface area (Å²) in [7, 11) is 0. The molecule has 2 aromatic rings. The van der Waals surface area contributed by atoms with Crippen LogP contribution in [0.3, 0.4) is 0 Å². The van der Waals surface area contributed by atoms with E-state index >= 15 is 0 Å². The summed E-state index contributed by atoms with van der Waals surface area (Å²) in [6.07, 6.45) is 2.34. The van der Waals surface area contributed by atoms with Gasteiger partial charge < -0.3 is 25.6 Å². The lowest BCUT2D eigenvalue weighted by molar-refractivity contribution is -0.143. The van der Waals surface area contributed by atoms with Crippen LogP contribution in [-0.4, -0.2) is 54.0 Å². The summed E-state index contributed by atoms with van der Waals surface area (Å²) in [6.45, 7) is 0.449. The van der Waals surface area contributed by atoms with Gasteiger partial charge in [-0.25, -0.2) is 9.59 Å². The van der Waals surface area contributed by atoms with Crippen LogP contribution in [0.4, 0.5) is 4.79 Å². The van der Waals surface area contributed by atoms with Gasteiger partial charge in [0.05, 0.1) is 0 Å².